The van der Waals surface area contributed by atoms with Crippen LogP contribution in [0.5, 0.6) is 0 Å². The Labute approximate surface area is 250 Å². The molecule has 3 nitrogen and oxygen atoms in total. The average Bonchev–Trinajstić information content (AvgIpc) is 2.94. The van der Waals surface area contributed by atoms with Crippen molar-refractivity contribution >= 4 is 0 Å². The highest BCUT2D eigenvalue weighted by atomic mass is 19.4. The first-order valence-corrected chi connectivity index (χ1v) is 16.1. The van der Waals surface area contributed by atoms with Crippen LogP contribution >= 0.6 is 0 Å². The van der Waals surface area contributed by atoms with Gasteiger partial charge in [-0.15, -0.1) is 0 Å². The molecule has 0 saturated carbocycles. The summed E-state index contributed by atoms with van der Waals surface area (Å²) in [7, 11) is 0. The molecule has 42 heavy (non-hydrogen) atoms. The number of rotatable bonds is 24. The van der Waals surface area contributed by atoms with Gasteiger partial charge in [0.15, 0.2) is 0 Å². The molecular weight excluding hydrogens is 558 g/mol. The van der Waals surface area contributed by atoms with Gasteiger partial charge in [0.05, 0.1) is 30.9 Å². The number of alkyl halides is 6. The van der Waals surface area contributed by atoms with E-state index in [9.17, 15) is 26.3 Å². The third kappa shape index (κ3) is 14.9. The second-order valence-corrected chi connectivity index (χ2v) is 11.3. The van der Waals surface area contributed by atoms with Crippen molar-refractivity contribution in [1.29, 1.82) is 0 Å². The first kappa shape index (κ1) is 38.7. The maximum atomic E-state index is 13.2. The van der Waals surface area contributed by atoms with Gasteiger partial charge in [0.2, 0.25) is 0 Å². The van der Waals surface area contributed by atoms with Crippen molar-refractivity contribution in [2.24, 2.45) is 5.92 Å². The molecule has 9 heteroatoms. The Morgan fingerprint density at radius 3 is 1.33 bits per heavy atom. The van der Waals surface area contributed by atoms with E-state index in [1.54, 1.807) is 0 Å². The van der Waals surface area contributed by atoms with Gasteiger partial charge >= 0.3 is 12.4 Å². The molecule has 0 aliphatic heterocycles. The van der Waals surface area contributed by atoms with Crippen LogP contribution < -0.4 is 0 Å². The minimum Gasteiger partial charge on any atom is -0.327 e. The standard InChI is InChI=1S/C33H54F6O3/c1-5-9-10-11-12-16-19-28(33(40-21-6-2,41-22-7-3)42-23-8-4)20-17-14-13-15-18-27-24-29(31(34,35)36)26-30(25-27)32(37,38)39/h24-26,28H,5-23H2,1-4H3. The van der Waals surface area contributed by atoms with Crippen LogP contribution in [-0.4, -0.2) is 25.8 Å². The molecule has 0 heterocycles. The Hall–Kier alpha value is -1.32. The van der Waals surface area contributed by atoms with Crippen LogP contribution in [0.3, 0.4) is 0 Å². The summed E-state index contributed by atoms with van der Waals surface area (Å²) in [4.78, 5) is 0. The van der Waals surface area contributed by atoms with Gasteiger partial charge in [0.1, 0.15) is 0 Å². The highest BCUT2D eigenvalue weighted by Gasteiger charge is 2.42. The van der Waals surface area contributed by atoms with Crippen LogP contribution in [0.2, 0.25) is 0 Å². The van der Waals surface area contributed by atoms with Crippen LogP contribution in [0.15, 0.2) is 18.2 Å². The van der Waals surface area contributed by atoms with Gasteiger partial charge in [-0.25, -0.2) is 0 Å². The lowest BCUT2D eigenvalue weighted by atomic mass is 9.91. The van der Waals surface area contributed by atoms with Gasteiger partial charge in [-0.1, -0.05) is 85.5 Å². The van der Waals surface area contributed by atoms with Crippen LogP contribution in [0.4, 0.5) is 26.3 Å². The Bertz CT molecular complexity index is 771. The normalized spacial score (nSPS) is 13.6. The first-order chi connectivity index (χ1) is 19.9. The zero-order valence-electron chi connectivity index (χ0n) is 26.2. The molecule has 0 saturated heterocycles. The molecule has 0 aliphatic rings. The van der Waals surface area contributed by atoms with Crippen molar-refractivity contribution in [2.45, 2.75) is 149 Å². The second-order valence-electron chi connectivity index (χ2n) is 11.3. The molecule has 1 aromatic rings. The van der Waals surface area contributed by atoms with Crippen LogP contribution in [0, 0.1) is 5.92 Å². The predicted molar refractivity (Wildman–Crippen MR) is 156 cm³/mol. The van der Waals surface area contributed by atoms with E-state index < -0.39 is 29.5 Å². The third-order valence-corrected chi connectivity index (χ3v) is 7.34. The van der Waals surface area contributed by atoms with Gasteiger partial charge in [-0.2, -0.15) is 26.3 Å². The van der Waals surface area contributed by atoms with Gasteiger partial charge in [0.25, 0.3) is 5.97 Å². The number of aryl methyl sites for hydroxylation is 1. The monoisotopic (exact) mass is 612 g/mol. The van der Waals surface area contributed by atoms with Crippen LogP contribution in [0.25, 0.3) is 0 Å². The summed E-state index contributed by atoms with van der Waals surface area (Å²) < 4.78 is 98.2. The van der Waals surface area contributed by atoms with Crippen LogP contribution in [-0.2, 0) is 33.0 Å². The van der Waals surface area contributed by atoms with E-state index in [1.807, 2.05) is 0 Å². The number of benzene rings is 1. The minimum absolute atomic E-state index is 0.0335. The Morgan fingerprint density at radius 2 is 0.929 bits per heavy atom. The summed E-state index contributed by atoms with van der Waals surface area (Å²) >= 11 is 0. The first-order valence-electron chi connectivity index (χ1n) is 16.1. The van der Waals surface area contributed by atoms with E-state index in [4.69, 9.17) is 14.2 Å². The largest absolute Gasteiger partial charge is 0.416 e. The fraction of sp³-hybridized carbons (Fsp3) is 0.818. The fourth-order valence-corrected chi connectivity index (χ4v) is 5.12. The van der Waals surface area contributed by atoms with Crippen molar-refractivity contribution in [1.82, 2.24) is 0 Å². The summed E-state index contributed by atoms with van der Waals surface area (Å²) in [6.07, 6.45) is 4.66. The zero-order chi connectivity index (χ0) is 31.5. The van der Waals surface area contributed by atoms with E-state index in [1.165, 1.54) is 25.7 Å². The topological polar surface area (TPSA) is 27.7 Å². The lowest BCUT2D eigenvalue weighted by Crippen LogP contribution is -2.47. The summed E-state index contributed by atoms with van der Waals surface area (Å²) in [5, 5.41) is 0. The quantitative estimate of drug-likeness (QED) is 0.0660. The van der Waals surface area contributed by atoms with E-state index in [0.29, 0.717) is 32.7 Å². The Morgan fingerprint density at radius 1 is 0.524 bits per heavy atom. The van der Waals surface area contributed by atoms with Crippen molar-refractivity contribution in [3.05, 3.63) is 34.9 Å². The van der Waals surface area contributed by atoms with Crippen molar-refractivity contribution in [3.8, 4) is 0 Å². The summed E-state index contributed by atoms with van der Waals surface area (Å²) in [6, 6.07) is 1.85. The van der Waals surface area contributed by atoms with Gasteiger partial charge in [-0.3, -0.25) is 0 Å². The summed E-state index contributed by atoms with van der Waals surface area (Å²) in [6.45, 7) is 9.93. The summed E-state index contributed by atoms with van der Waals surface area (Å²) in [5.74, 6) is -1.07. The maximum Gasteiger partial charge on any atom is 0.416 e. The predicted octanol–water partition coefficient (Wildman–Crippen LogP) is 11.5. The van der Waals surface area contributed by atoms with Gasteiger partial charge in [0, 0.05) is 5.92 Å². The molecule has 0 N–H and O–H groups in total. The fourth-order valence-electron chi connectivity index (χ4n) is 5.12. The Balaban J connectivity index is 2.87. The molecule has 0 bridgehead atoms. The Kier molecular flexibility index (Phi) is 19.0. The lowest BCUT2D eigenvalue weighted by Gasteiger charge is -2.40. The smallest absolute Gasteiger partial charge is 0.327 e. The molecule has 0 amide bonds. The molecule has 0 fully saturated rings. The molecular formula is C33H54F6O3. The molecule has 0 aliphatic carbocycles. The number of unbranched alkanes of at least 4 members (excludes halogenated alkanes) is 8. The number of ether oxygens (including phenoxy) is 3. The molecule has 1 rings (SSSR count). The SMILES string of the molecule is CCCCCCCCC(CCCCCCc1cc(C(F)(F)F)cc(C(F)(F)F)c1)C(OCCC)(OCCC)OCCC. The van der Waals surface area contributed by atoms with Crippen molar-refractivity contribution in [2.75, 3.05) is 19.8 Å². The second kappa shape index (κ2) is 20.6. The van der Waals surface area contributed by atoms with Crippen molar-refractivity contribution < 1.29 is 40.6 Å². The maximum absolute atomic E-state index is 13.2. The van der Waals surface area contributed by atoms with Gasteiger partial charge in [-0.05, 0) is 68.7 Å². The van der Waals surface area contributed by atoms with E-state index >= 15 is 0 Å². The van der Waals surface area contributed by atoms with E-state index in [2.05, 4.69) is 27.7 Å². The number of hydrogen-bond acceptors (Lipinski definition) is 3. The minimum atomic E-state index is -4.83. The third-order valence-electron chi connectivity index (χ3n) is 7.34. The van der Waals surface area contributed by atoms with Crippen LogP contribution in [0.1, 0.15) is 141 Å². The molecule has 0 radical (unpaired) electrons. The zero-order valence-corrected chi connectivity index (χ0v) is 26.2. The molecule has 246 valence electrons. The van der Waals surface area contributed by atoms with E-state index in [0.717, 1.165) is 69.9 Å². The molecule has 0 aromatic heterocycles. The average molecular weight is 613 g/mol. The van der Waals surface area contributed by atoms with E-state index in [-0.39, 0.29) is 24.0 Å². The number of halogens is 6. The lowest BCUT2D eigenvalue weighted by molar-refractivity contribution is -0.406. The molecule has 1 unspecified atom stereocenters. The number of hydrogen-bond donors (Lipinski definition) is 0. The molecule has 1 aromatic carbocycles. The van der Waals surface area contributed by atoms with Gasteiger partial charge < -0.3 is 14.2 Å². The molecule has 1 atom stereocenters. The molecule has 0 spiro atoms. The highest BCUT2D eigenvalue weighted by Crippen LogP contribution is 2.37. The summed E-state index contributed by atoms with van der Waals surface area (Å²) in [5.41, 5.74) is -2.45. The highest BCUT2D eigenvalue weighted by molar-refractivity contribution is 5.33. The van der Waals surface area contributed by atoms with Crippen molar-refractivity contribution in [3.63, 3.8) is 0 Å².